The van der Waals surface area contributed by atoms with Crippen molar-refractivity contribution >= 4 is 11.7 Å². The quantitative estimate of drug-likeness (QED) is 0.580. The molecule has 0 amide bonds. The summed E-state index contributed by atoms with van der Waals surface area (Å²) in [5.74, 6) is -1.15. The molecule has 0 spiro atoms. The zero-order valence-electron chi connectivity index (χ0n) is 9.84. The molecule has 5 heteroatoms. The van der Waals surface area contributed by atoms with Gasteiger partial charge >= 0.3 is 5.97 Å². The van der Waals surface area contributed by atoms with Gasteiger partial charge in [-0.15, -0.1) is 0 Å². The number of aryl methyl sites for hydroxylation is 2. The Morgan fingerprint density at radius 2 is 1.76 bits per heavy atom. The monoisotopic (exact) mass is 239 g/mol. The molecule has 1 rings (SSSR count). The number of nitrogen functional groups attached to an aromatic ring is 1. The first-order valence-electron chi connectivity index (χ1n) is 5.27. The number of rotatable bonds is 4. The lowest BCUT2D eigenvalue weighted by Crippen LogP contribution is -2.23. The highest BCUT2D eigenvalue weighted by molar-refractivity contribution is 5.67. The van der Waals surface area contributed by atoms with Crippen molar-refractivity contribution in [2.45, 2.75) is 32.5 Å². The van der Waals surface area contributed by atoms with Crippen molar-refractivity contribution in [3.63, 3.8) is 0 Å². The van der Waals surface area contributed by atoms with Gasteiger partial charge in [0.15, 0.2) is 0 Å². The molecule has 5 nitrogen and oxygen atoms in total. The van der Waals surface area contributed by atoms with Crippen molar-refractivity contribution in [3.8, 4) is 0 Å². The van der Waals surface area contributed by atoms with E-state index < -0.39 is 24.6 Å². The summed E-state index contributed by atoms with van der Waals surface area (Å²) in [6, 6.07) is 3.36. The third-order valence-electron chi connectivity index (χ3n) is 2.66. The fraction of sp³-hybridized carbons (Fsp3) is 0.417. The van der Waals surface area contributed by atoms with Crippen LogP contribution in [0.3, 0.4) is 0 Å². The maximum Gasteiger partial charge on any atom is 0.306 e. The molecule has 0 aliphatic heterocycles. The van der Waals surface area contributed by atoms with Crippen LogP contribution in [0.15, 0.2) is 12.1 Å². The molecule has 5 N–H and O–H groups in total. The Labute approximate surface area is 99.5 Å². The van der Waals surface area contributed by atoms with E-state index in [0.29, 0.717) is 11.3 Å². The van der Waals surface area contributed by atoms with Gasteiger partial charge in [-0.1, -0.05) is 0 Å². The number of carboxylic acids is 1. The van der Waals surface area contributed by atoms with Crippen LogP contribution in [0.5, 0.6) is 0 Å². The number of nitrogens with two attached hydrogens (primary N) is 1. The highest BCUT2D eigenvalue weighted by Crippen LogP contribution is 2.27. The Morgan fingerprint density at radius 3 is 2.18 bits per heavy atom. The maximum absolute atomic E-state index is 10.5. The van der Waals surface area contributed by atoms with E-state index in [2.05, 4.69) is 0 Å². The van der Waals surface area contributed by atoms with Gasteiger partial charge < -0.3 is 21.1 Å². The van der Waals surface area contributed by atoms with Crippen molar-refractivity contribution in [2.75, 3.05) is 5.73 Å². The normalized spacial score (nSPS) is 14.4. The smallest absolute Gasteiger partial charge is 0.306 e. The van der Waals surface area contributed by atoms with Crippen LogP contribution in [-0.2, 0) is 4.79 Å². The Hall–Kier alpha value is -1.59. The van der Waals surface area contributed by atoms with Crippen LogP contribution in [0.2, 0.25) is 0 Å². The lowest BCUT2D eigenvalue weighted by atomic mass is 9.93. The van der Waals surface area contributed by atoms with Gasteiger partial charge in [0.1, 0.15) is 6.10 Å². The van der Waals surface area contributed by atoms with Gasteiger partial charge in [-0.2, -0.15) is 0 Å². The summed E-state index contributed by atoms with van der Waals surface area (Å²) in [7, 11) is 0. The van der Waals surface area contributed by atoms with Gasteiger partial charge in [-0.05, 0) is 42.7 Å². The lowest BCUT2D eigenvalue weighted by Gasteiger charge is -2.21. The Morgan fingerprint density at radius 1 is 1.29 bits per heavy atom. The Kier molecular flexibility index (Phi) is 4.09. The van der Waals surface area contributed by atoms with Gasteiger partial charge in [-0.25, -0.2) is 0 Å². The summed E-state index contributed by atoms with van der Waals surface area (Å²) in [5.41, 5.74) is 8.23. The summed E-state index contributed by atoms with van der Waals surface area (Å²) in [6.45, 7) is 3.52. The minimum absolute atomic E-state index is 0.496. The molecule has 0 saturated heterocycles. The van der Waals surface area contributed by atoms with E-state index in [1.807, 2.05) is 0 Å². The molecule has 0 aliphatic rings. The van der Waals surface area contributed by atoms with Crippen molar-refractivity contribution in [1.29, 1.82) is 0 Å². The number of hydrogen-bond acceptors (Lipinski definition) is 4. The molecule has 0 radical (unpaired) electrons. The van der Waals surface area contributed by atoms with Crippen molar-refractivity contribution < 1.29 is 20.1 Å². The van der Waals surface area contributed by atoms with Crippen molar-refractivity contribution in [3.05, 3.63) is 28.8 Å². The molecule has 0 bridgehead atoms. The fourth-order valence-electron chi connectivity index (χ4n) is 1.96. The van der Waals surface area contributed by atoms with E-state index >= 15 is 0 Å². The second-order valence-electron chi connectivity index (χ2n) is 4.18. The van der Waals surface area contributed by atoms with Crippen LogP contribution < -0.4 is 5.73 Å². The summed E-state index contributed by atoms with van der Waals surface area (Å²) in [4.78, 5) is 10.5. The molecule has 0 fully saturated rings. The predicted molar refractivity (Wildman–Crippen MR) is 63.5 cm³/mol. The highest BCUT2D eigenvalue weighted by Gasteiger charge is 2.24. The molecular weight excluding hydrogens is 222 g/mol. The van der Waals surface area contributed by atoms with Gasteiger partial charge in [0.05, 0.1) is 12.5 Å². The number of aliphatic hydroxyl groups excluding tert-OH is 2. The molecule has 17 heavy (non-hydrogen) atoms. The number of hydrogen-bond donors (Lipinski definition) is 4. The molecule has 94 valence electrons. The van der Waals surface area contributed by atoms with Crippen molar-refractivity contribution in [2.24, 2.45) is 0 Å². The molecule has 0 heterocycles. The summed E-state index contributed by atoms with van der Waals surface area (Å²) >= 11 is 0. The van der Waals surface area contributed by atoms with Gasteiger partial charge in [0.2, 0.25) is 0 Å². The summed E-state index contributed by atoms with van der Waals surface area (Å²) in [6.07, 6.45) is -3.04. The molecule has 0 saturated carbocycles. The topological polar surface area (TPSA) is 104 Å². The first kappa shape index (κ1) is 13.5. The number of carbonyl (C=O) groups is 1. The minimum atomic E-state index is -1.33. The number of benzene rings is 1. The highest BCUT2D eigenvalue weighted by atomic mass is 16.4. The molecule has 2 atom stereocenters. The van der Waals surface area contributed by atoms with E-state index in [9.17, 15) is 15.0 Å². The molecule has 0 aromatic heterocycles. The Balaban J connectivity index is 3.03. The van der Waals surface area contributed by atoms with Crippen molar-refractivity contribution in [1.82, 2.24) is 0 Å². The Bertz CT molecular complexity index is 408. The van der Waals surface area contributed by atoms with E-state index in [1.165, 1.54) is 0 Å². The second kappa shape index (κ2) is 5.16. The first-order valence-corrected chi connectivity index (χ1v) is 5.27. The predicted octanol–water partition coefficient (Wildman–Crippen LogP) is 0.755. The van der Waals surface area contributed by atoms with Gasteiger partial charge in [0, 0.05) is 5.69 Å². The summed E-state index contributed by atoms with van der Waals surface area (Å²) in [5, 5.41) is 28.1. The van der Waals surface area contributed by atoms with Crippen LogP contribution >= 0.6 is 0 Å². The van der Waals surface area contributed by atoms with E-state index in [0.717, 1.165) is 11.1 Å². The third kappa shape index (κ3) is 3.18. The van der Waals surface area contributed by atoms with Crippen LogP contribution in [0.4, 0.5) is 5.69 Å². The van der Waals surface area contributed by atoms with Gasteiger partial charge in [0.25, 0.3) is 0 Å². The second-order valence-corrected chi connectivity index (χ2v) is 4.18. The lowest BCUT2D eigenvalue weighted by molar-refractivity contribution is -0.141. The molecule has 0 aliphatic carbocycles. The SMILES string of the molecule is Cc1cc(N)cc(C)c1C(O)C(O)CC(=O)O. The number of aliphatic hydroxyl groups is 2. The minimum Gasteiger partial charge on any atom is -0.481 e. The van der Waals surface area contributed by atoms with Crippen LogP contribution in [-0.4, -0.2) is 27.4 Å². The maximum atomic E-state index is 10.5. The van der Waals surface area contributed by atoms with E-state index in [-0.39, 0.29) is 0 Å². The number of aliphatic carboxylic acids is 1. The average Bonchev–Trinajstić information content (AvgIpc) is 2.14. The fourth-order valence-corrected chi connectivity index (χ4v) is 1.96. The number of carboxylic acid groups (broad SMARTS) is 1. The standard InChI is InChI=1S/C12H17NO4/c1-6-3-8(13)4-7(2)11(6)12(17)9(14)5-10(15)16/h3-4,9,12,14,17H,5,13H2,1-2H3,(H,15,16). The van der Waals surface area contributed by atoms with Crippen LogP contribution in [0.1, 0.15) is 29.2 Å². The first-order chi connectivity index (χ1) is 7.82. The van der Waals surface area contributed by atoms with E-state index in [4.69, 9.17) is 10.8 Å². The average molecular weight is 239 g/mol. The number of anilines is 1. The zero-order chi connectivity index (χ0) is 13.2. The molecule has 1 aromatic rings. The van der Waals surface area contributed by atoms with E-state index in [1.54, 1.807) is 26.0 Å². The largest absolute Gasteiger partial charge is 0.481 e. The summed E-state index contributed by atoms with van der Waals surface area (Å²) < 4.78 is 0. The zero-order valence-corrected chi connectivity index (χ0v) is 9.84. The third-order valence-corrected chi connectivity index (χ3v) is 2.66. The molecule has 1 aromatic carbocycles. The van der Waals surface area contributed by atoms with Crippen LogP contribution in [0, 0.1) is 13.8 Å². The van der Waals surface area contributed by atoms with Gasteiger partial charge in [-0.3, -0.25) is 4.79 Å². The molecular formula is C12H17NO4. The molecule has 2 unspecified atom stereocenters. The van der Waals surface area contributed by atoms with Crippen LogP contribution in [0.25, 0.3) is 0 Å².